The maximum atomic E-state index is 15.3. The average Bonchev–Trinajstić information content (AvgIpc) is 0.847. The van der Waals surface area contributed by atoms with E-state index in [4.69, 9.17) is 29.0 Å². The van der Waals surface area contributed by atoms with Gasteiger partial charge in [-0.2, -0.15) is 31.4 Å². The summed E-state index contributed by atoms with van der Waals surface area (Å²) in [6, 6.07) is 45.7. The van der Waals surface area contributed by atoms with Crippen molar-refractivity contribution in [3.05, 3.63) is 225 Å². The first kappa shape index (κ1) is 93.9. The summed E-state index contributed by atoms with van der Waals surface area (Å²) in [7, 11) is 1.75. The molecule has 5 aromatic heterocycles. The molecule has 3 fully saturated rings. The highest BCUT2D eigenvalue weighted by atomic mass is 32.1. The van der Waals surface area contributed by atoms with Gasteiger partial charge in [0.25, 0.3) is 11.8 Å². The number of carboxylic acid groups (broad SMARTS) is 1. The molecule has 5 amide bonds. The second-order valence-electron chi connectivity index (χ2n) is 35.2. The number of nitrogens with one attached hydrogen (secondary N) is 4. The molecule has 17 rings (SSSR count). The highest BCUT2D eigenvalue weighted by molar-refractivity contribution is 7.22. The lowest BCUT2D eigenvalue weighted by Crippen LogP contribution is -2.49. The number of rotatable bonds is 24. The molecule has 0 aliphatic carbocycles. The van der Waals surface area contributed by atoms with Crippen LogP contribution in [0.3, 0.4) is 0 Å². The van der Waals surface area contributed by atoms with Gasteiger partial charge in [-0.3, -0.25) is 69.0 Å². The molecule has 0 saturated carbocycles. The van der Waals surface area contributed by atoms with Crippen LogP contribution in [0.2, 0.25) is 0 Å². The SMILES string of the molecule is CC(C)(C)OC(=O)c1nc(N2CCc3cccc(C(=O)Nc4nc5ccccc5s4)c3C2)ccc1-c1cccc(OCCN2CCN(CC(=O)O)CC2)c1C(F)(F)F.Cn1nc(C2CCC(=O)NC2=O)c2ccc(NC(=O)CN3CCN(CCOc4cccc(-c5ccc(N6CCc7cccc(C(=O)Nc8nc9ccccc9s8)c7C6)nc5C(=O)OC(C)(C)C)c4C(F)(F)F)CC3)cc21. The van der Waals surface area contributed by atoms with Crippen molar-refractivity contribution >= 4 is 129 Å². The van der Waals surface area contributed by atoms with Gasteiger partial charge in [0, 0.05) is 150 Å². The first-order valence-electron chi connectivity index (χ1n) is 43.9. The number of anilines is 5. The Bertz CT molecular complexity index is 6450. The molecule has 0 spiro atoms. The number of para-hydroxylation sites is 2. The molecule has 0 radical (unpaired) electrons. The van der Waals surface area contributed by atoms with Gasteiger partial charge in [0.15, 0.2) is 21.7 Å². The topological polar surface area (TPSA) is 331 Å². The number of halogens is 6. The van der Waals surface area contributed by atoms with E-state index in [1.54, 1.807) is 94.6 Å². The zero-order valence-corrected chi connectivity index (χ0v) is 76.2. The fourth-order valence-electron chi connectivity index (χ4n) is 17.2. The number of piperazine rings is 2. The number of pyridine rings is 2. The number of carbonyl (C=O) groups is 8. The number of imide groups is 1. The molecule has 29 nitrogen and oxygen atoms in total. The van der Waals surface area contributed by atoms with E-state index in [0.717, 1.165) is 53.6 Å². The highest BCUT2D eigenvalue weighted by Crippen LogP contribution is 2.47. The number of benzene rings is 7. The number of piperidine rings is 1. The number of alkyl halides is 6. The fraction of sp³-hybridized carbons (Fsp3) is 0.351. The Kier molecular flexibility index (Phi) is 27.6. The van der Waals surface area contributed by atoms with Gasteiger partial charge in [0.1, 0.15) is 58.7 Å². The van der Waals surface area contributed by atoms with Crippen LogP contribution in [0.1, 0.15) is 141 Å². The standard InChI is InChI=1S/C55H55F3N10O7S.C42H43F3N6O6S/c1-54(2,3)75-52(73)49-35(17-19-44(61-49)68-22-21-32-9-7-11-36(39(32)30-68)50(71)63-53-60-40-12-5-6-14-43(40)76-53)34-10-8-13-42(47(34)55(56,57)58)74-28-27-66-23-25-67(26-24-66)31-46(70)59-33-15-16-37-41(29-33)65(4)64-48(37)38-18-20-45(69)62-51(38)72;1-41(2,3)57-39(55)37-28(27-9-7-12-32(36(27)42(43,44)45)56-23-22-49-18-20-50(21-19-49)25-35(52)53)14-15-34(47-37)51-17-16-26-8-6-10-29(30(26)24-51)38(54)48-40-46-31-11-4-5-13-33(31)58-40/h5-17,19,29,38H,18,20-28,30-31H2,1-4H3,(H,59,70)(H,60,63,71)(H,62,69,72);4-15H,16-25H2,1-3H3,(H,52,53)(H,46,48,54). The number of amides is 5. The van der Waals surface area contributed by atoms with Crippen molar-refractivity contribution in [2.75, 3.05) is 131 Å². The summed E-state index contributed by atoms with van der Waals surface area (Å²) < 4.78 is 118. The number of aromatic nitrogens is 6. The van der Waals surface area contributed by atoms with Crippen molar-refractivity contribution in [3.63, 3.8) is 0 Å². The largest absolute Gasteiger partial charge is 0.492 e. The van der Waals surface area contributed by atoms with E-state index in [1.807, 2.05) is 98.5 Å². The zero-order chi connectivity index (χ0) is 94.7. The van der Waals surface area contributed by atoms with Crippen LogP contribution in [-0.2, 0) is 74.0 Å². The van der Waals surface area contributed by atoms with Gasteiger partial charge in [0.05, 0.1) is 50.7 Å². The molecular weight excluding hydrogens is 1780 g/mol. The Balaban J connectivity index is 0.000000202. The molecule has 7 aromatic carbocycles. The maximum absolute atomic E-state index is 15.3. The summed E-state index contributed by atoms with van der Waals surface area (Å²) in [5.74, 6) is -4.94. The number of aliphatic carboxylic acids is 1. The lowest BCUT2D eigenvalue weighted by molar-refractivity contribution is -0.139. The number of fused-ring (bicyclic) bond motifs is 5. The van der Waals surface area contributed by atoms with Crippen LogP contribution in [-0.4, -0.2) is 218 Å². The number of hydrogen-bond acceptors (Lipinski definition) is 25. The zero-order valence-electron chi connectivity index (χ0n) is 74.5. The molecular formula is C97H98F6N16O13S2. The molecule has 5 aliphatic heterocycles. The maximum Gasteiger partial charge on any atom is 0.420 e. The molecule has 5 aliphatic rings. The fourth-order valence-corrected chi connectivity index (χ4v) is 18.9. The van der Waals surface area contributed by atoms with Crippen LogP contribution in [0.25, 0.3) is 53.6 Å². The Morgan fingerprint density at radius 1 is 0.500 bits per heavy atom. The molecule has 3 saturated heterocycles. The summed E-state index contributed by atoms with van der Waals surface area (Å²) in [6.07, 6.45) is -8.07. The summed E-state index contributed by atoms with van der Waals surface area (Å²) >= 11 is 2.74. The van der Waals surface area contributed by atoms with E-state index < -0.39 is 70.0 Å². The minimum Gasteiger partial charge on any atom is -0.492 e. The first-order valence-corrected chi connectivity index (χ1v) is 45.5. The third-order valence-corrected chi connectivity index (χ3v) is 25.5. The van der Waals surface area contributed by atoms with E-state index in [-0.39, 0.29) is 109 Å². The van der Waals surface area contributed by atoms with Crippen molar-refractivity contribution < 1.29 is 88.8 Å². The number of ether oxygens (including phenoxy) is 4. The Hall–Kier alpha value is -13.3. The molecule has 698 valence electrons. The van der Waals surface area contributed by atoms with Gasteiger partial charge in [-0.15, -0.1) is 0 Å². The molecule has 0 bridgehead atoms. The van der Waals surface area contributed by atoms with Crippen molar-refractivity contribution in [1.29, 1.82) is 0 Å². The number of esters is 2. The number of aryl methyl sites for hydroxylation is 1. The van der Waals surface area contributed by atoms with Crippen molar-refractivity contribution in [2.24, 2.45) is 7.05 Å². The predicted molar refractivity (Wildman–Crippen MR) is 496 cm³/mol. The summed E-state index contributed by atoms with van der Waals surface area (Å²) in [5, 5.41) is 26.5. The van der Waals surface area contributed by atoms with Crippen LogP contribution in [0.5, 0.6) is 11.5 Å². The average molecular weight is 1870 g/mol. The summed E-state index contributed by atoms with van der Waals surface area (Å²) in [4.78, 5) is 134. The quantitative estimate of drug-likeness (QED) is 0.0213. The lowest BCUT2D eigenvalue weighted by Gasteiger charge is -2.34. The van der Waals surface area contributed by atoms with E-state index >= 15 is 26.3 Å². The van der Waals surface area contributed by atoms with Crippen molar-refractivity contribution in [2.45, 2.75) is 110 Å². The van der Waals surface area contributed by atoms with Crippen LogP contribution >= 0.6 is 22.7 Å². The number of hydrogen-bond donors (Lipinski definition) is 5. The van der Waals surface area contributed by atoms with Crippen LogP contribution in [0.4, 0.5) is 53.9 Å². The second kappa shape index (κ2) is 39.5. The Morgan fingerprint density at radius 3 is 1.40 bits per heavy atom. The van der Waals surface area contributed by atoms with E-state index in [2.05, 4.69) is 46.2 Å². The van der Waals surface area contributed by atoms with E-state index in [0.29, 0.717) is 142 Å². The van der Waals surface area contributed by atoms with Crippen LogP contribution < -0.4 is 40.5 Å². The second-order valence-corrected chi connectivity index (χ2v) is 37.3. The normalized spacial score (nSPS) is 16.0. The minimum absolute atomic E-state index is 0.0430. The van der Waals surface area contributed by atoms with Crippen molar-refractivity contribution in [3.8, 4) is 33.8 Å². The van der Waals surface area contributed by atoms with E-state index in [9.17, 15) is 38.4 Å². The van der Waals surface area contributed by atoms with Crippen molar-refractivity contribution in [1.82, 2.24) is 54.6 Å². The first-order chi connectivity index (χ1) is 64.0. The Labute approximate surface area is 774 Å². The van der Waals surface area contributed by atoms with Gasteiger partial charge in [-0.05, 0) is 174 Å². The molecule has 5 N–H and O–H groups in total. The predicted octanol–water partition coefficient (Wildman–Crippen LogP) is 15.4. The third kappa shape index (κ3) is 22.1. The number of thiazole rings is 2. The van der Waals surface area contributed by atoms with Gasteiger partial charge in [0.2, 0.25) is 17.7 Å². The molecule has 1 unspecified atom stereocenters. The highest BCUT2D eigenvalue weighted by Gasteiger charge is 2.43. The van der Waals surface area contributed by atoms with Crippen LogP contribution in [0.15, 0.2) is 164 Å². The molecule has 37 heteroatoms. The summed E-state index contributed by atoms with van der Waals surface area (Å²) in [5.41, 5.74) is 2.38. The Morgan fingerprint density at radius 2 is 0.955 bits per heavy atom. The van der Waals surface area contributed by atoms with Gasteiger partial charge in [-0.1, -0.05) is 95.5 Å². The number of carbonyl (C=O) groups excluding carboxylic acids is 7. The van der Waals surface area contributed by atoms with Crippen LogP contribution in [0, 0.1) is 0 Å². The minimum atomic E-state index is -4.90. The van der Waals surface area contributed by atoms with Gasteiger partial charge >= 0.3 is 30.3 Å². The lowest BCUT2D eigenvalue weighted by atomic mass is 9.93. The molecule has 10 heterocycles. The number of carboxylic acids is 1. The van der Waals surface area contributed by atoms with Gasteiger partial charge in [-0.25, -0.2) is 29.5 Å². The monoisotopic (exact) mass is 1870 g/mol. The smallest absolute Gasteiger partial charge is 0.420 e. The van der Waals surface area contributed by atoms with Gasteiger partial charge < -0.3 is 39.2 Å². The summed E-state index contributed by atoms with van der Waals surface area (Å²) in [6.45, 7) is 16.4. The van der Waals surface area contributed by atoms with E-state index in [1.165, 1.54) is 71.2 Å². The molecule has 134 heavy (non-hydrogen) atoms. The molecule has 1 atom stereocenters. The third-order valence-electron chi connectivity index (χ3n) is 23.6. The molecule has 12 aromatic rings. The number of nitrogens with zero attached hydrogens (tertiary/aromatic N) is 12.